The average Bonchev–Trinajstić information content (AvgIpc) is 2.94. The molecule has 0 spiro atoms. The molecule has 2 amide bonds. The SMILES string of the molecule is Cc1ccc([N+](=O)[O-])cc1NC(=O)C(=NNC(=S)NN)C1SC(=S)NC1=O. The van der Waals surface area contributed by atoms with E-state index in [1.54, 1.807) is 6.92 Å². The molecule has 142 valence electrons. The van der Waals surface area contributed by atoms with Crippen LogP contribution in [0.25, 0.3) is 0 Å². The highest BCUT2D eigenvalue weighted by Gasteiger charge is 2.37. The third-order valence-corrected chi connectivity index (χ3v) is 4.85. The van der Waals surface area contributed by atoms with E-state index in [0.29, 0.717) is 5.56 Å². The number of hydrazone groups is 1. The third kappa shape index (κ3) is 5.16. The lowest BCUT2D eigenvalue weighted by atomic mass is 10.1. The van der Waals surface area contributed by atoms with Crippen molar-refractivity contribution in [2.24, 2.45) is 10.9 Å². The number of thioether (sulfide) groups is 1. The predicted molar refractivity (Wildman–Crippen MR) is 109 cm³/mol. The number of hydrogen-bond acceptors (Lipinski definition) is 9. The summed E-state index contributed by atoms with van der Waals surface area (Å²) in [7, 11) is 0. The van der Waals surface area contributed by atoms with Gasteiger partial charge < -0.3 is 10.6 Å². The Morgan fingerprint density at radius 3 is 2.74 bits per heavy atom. The fourth-order valence-corrected chi connectivity index (χ4v) is 3.20. The van der Waals surface area contributed by atoms with Gasteiger partial charge in [-0.15, -0.1) is 0 Å². The fourth-order valence-electron chi connectivity index (χ4n) is 1.95. The molecule has 11 nitrogen and oxygen atoms in total. The second-order valence-electron chi connectivity index (χ2n) is 5.07. The molecule has 0 aromatic heterocycles. The number of hydrogen-bond donors (Lipinski definition) is 5. The summed E-state index contributed by atoms with van der Waals surface area (Å²) in [5.74, 6) is 3.85. The van der Waals surface area contributed by atoms with Crippen LogP contribution < -0.4 is 27.3 Å². The molecule has 2 rings (SSSR count). The number of rotatable bonds is 5. The minimum Gasteiger partial charge on any atom is -0.320 e. The highest BCUT2D eigenvalue weighted by molar-refractivity contribution is 8.25. The summed E-state index contributed by atoms with van der Waals surface area (Å²) in [5, 5.41) is 18.6. The molecule has 1 aromatic carbocycles. The zero-order valence-corrected chi connectivity index (χ0v) is 16.1. The Labute approximate surface area is 167 Å². The molecular formula is C13H13N7O4S3. The van der Waals surface area contributed by atoms with Crippen LogP contribution in [0.15, 0.2) is 23.3 Å². The molecule has 0 saturated carbocycles. The van der Waals surface area contributed by atoms with Crippen molar-refractivity contribution in [3.05, 3.63) is 33.9 Å². The van der Waals surface area contributed by atoms with Crippen molar-refractivity contribution >= 4 is 74.5 Å². The quantitative estimate of drug-likeness (QED) is 0.143. The third-order valence-electron chi connectivity index (χ3n) is 3.26. The van der Waals surface area contributed by atoms with Crippen LogP contribution in [0, 0.1) is 17.0 Å². The molecule has 0 radical (unpaired) electrons. The lowest BCUT2D eigenvalue weighted by Crippen LogP contribution is -2.42. The summed E-state index contributed by atoms with van der Waals surface area (Å²) in [4.78, 5) is 35.1. The van der Waals surface area contributed by atoms with Gasteiger partial charge in [0.2, 0.25) is 11.0 Å². The van der Waals surface area contributed by atoms with Gasteiger partial charge in [0.25, 0.3) is 11.6 Å². The number of thiocarbonyl (C=S) groups is 2. The van der Waals surface area contributed by atoms with Gasteiger partial charge in [-0.3, -0.25) is 30.6 Å². The van der Waals surface area contributed by atoms with E-state index in [4.69, 9.17) is 30.3 Å². The van der Waals surface area contributed by atoms with Crippen LogP contribution in [-0.2, 0) is 9.59 Å². The van der Waals surface area contributed by atoms with Gasteiger partial charge in [0.15, 0.2) is 0 Å². The molecule has 27 heavy (non-hydrogen) atoms. The van der Waals surface area contributed by atoms with E-state index in [-0.39, 0.29) is 26.5 Å². The number of nitrogens with two attached hydrogens (primary N) is 1. The number of non-ortho nitro benzene ring substituents is 1. The molecule has 6 N–H and O–H groups in total. The minimum atomic E-state index is -1.02. The first-order valence-corrected chi connectivity index (χ1v) is 8.84. The lowest BCUT2D eigenvalue weighted by molar-refractivity contribution is -0.384. The molecule has 1 unspecified atom stereocenters. The summed E-state index contributed by atoms with van der Waals surface area (Å²) in [6.07, 6.45) is 0. The standard InChI is InChI=1S/C13H13N7O4S3/c1-5-2-3-6(20(23)24)4-7(5)15-10(21)8(18-19-12(25)17-14)9-11(22)16-13(26)27-9/h2-4,9H,14H2,1H3,(H,15,21)(H,16,22,26)(H2,17,19,25). The van der Waals surface area contributed by atoms with Crippen LogP contribution in [0.5, 0.6) is 0 Å². The predicted octanol–water partition coefficient (Wildman–Crippen LogP) is 0.0520. The summed E-state index contributed by atoms with van der Waals surface area (Å²) in [6, 6.07) is 4.00. The van der Waals surface area contributed by atoms with Crippen molar-refractivity contribution < 1.29 is 14.5 Å². The van der Waals surface area contributed by atoms with Crippen molar-refractivity contribution in [2.75, 3.05) is 5.32 Å². The van der Waals surface area contributed by atoms with E-state index in [1.807, 2.05) is 0 Å². The number of nitrogens with zero attached hydrogens (tertiary/aromatic N) is 2. The molecule has 1 atom stereocenters. The Hall–Kier alpha value is -2.68. The normalized spacial score (nSPS) is 16.5. The number of amides is 2. The molecule has 0 bridgehead atoms. The molecule has 14 heteroatoms. The maximum Gasteiger partial charge on any atom is 0.273 e. The molecule has 0 aliphatic carbocycles. The van der Waals surface area contributed by atoms with Gasteiger partial charge in [0.1, 0.15) is 15.3 Å². The number of carbonyl (C=O) groups is 2. The van der Waals surface area contributed by atoms with E-state index in [9.17, 15) is 19.7 Å². The summed E-state index contributed by atoms with van der Waals surface area (Å²) < 4.78 is 0.191. The largest absolute Gasteiger partial charge is 0.320 e. The molecular weight excluding hydrogens is 414 g/mol. The van der Waals surface area contributed by atoms with Gasteiger partial charge in [0, 0.05) is 12.1 Å². The van der Waals surface area contributed by atoms with Crippen LogP contribution in [0.1, 0.15) is 5.56 Å². The molecule has 1 aromatic rings. The number of nitro groups is 1. The highest BCUT2D eigenvalue weighted by atomic mass is 32.2. The van der Waals surface area contributed by atoms with Crippen LogP contribution in [0.3, 0.4) is 0 Å². The zero-order chi connectivity index (χ0) is 20.1. The van der Waals surface area contributed by atoms with Crippen LogP contribution >= 0.6 is 36.2 Å². The Bertz CT molecular complexity index is 873. The first-order valence-electron chi connectivity index (χ1n) is 7.15. The first-order chi connectivity index (χ1) is 12.7. The van der Waals surface area contributed by atoms with Gasteiger partial charge in [-0.2, -0.15) is 5.10 Å². The Morgan fingerprint density at radius 1 is 1.48 bits per heavy atom. The number of hydrazine groups is 1. The summed E-state index contributed by atoms with van der Waals surface area (Å²) in [6.45, 7) is 1.66. The van der Waals surface area contributed by atoms with E-state index < -0.39 is 22.0 Å². The number of benzene rings is 1. The maximum absolute atomic E-state index is 12.7. The van der Waals surface area contributed by atoms with Crippen LogP contribution in [-0.4, -0.2) is 37.1 Å². The monoisotopic (exact) mass is 427 g/mol. The average molecular weight is 427 g/mol. The Balaban J connectivity index is 2.32. The van der Waals surface area contributed by atoms with Gasteiger partial charge in [-0.1, -0.05) is 30.0 Å². The van der Waals surface area contributed by atoms with Crippen molar-refractivity contribution in [3.63, 3.8) is 0 Å². The number of carbonyl (C=O) groups excluding carboxylic acids is 2. The molecule has 1 heterocycles. The second kappa shape index (κ2) is 8.81. The van der Waals surface area contributed by atoms with Crippen molar-refractivity contribution in [1.82, 2.24) is 16.2 Å². The van der Waals surface area contributed by atoms with Crippen molar-refractivity contribution in [2.45, 2.75) is 12.2 Å². The second-order valence-corrected chi connectivity index (χ2v) is 7.26. The van der Waals surface area contributed by atoms with Gasteiger partial charge >= 0.3 is 0 Å². The van der Waals surface area contributed by atoms with Crippen molar-refractivity contribution in [3.8, 4) is 0 Å². The number of nitro benzene ring substituents is 1. The Kier molecular flexibility index (Phi) is 6.73. The maximum atomic E-state index is 12.7. The van der Waals surface area contributed by atoms with Crippen LogP contribution in [0.4, 0.5) is 11.4 Å². The van der Waals surface area contributed by atoms with Crippen molar-refractivity contribution in [1.29, 1.82) is 0 Å². The molecule has 1 saturated heterocycles. The summed E-state index contributed by atoms with van der Waals surface area (Å²) >= 11 is 10.6. The van der Waals surface area contributed by atoms with E-state index >= 15 is 0 Å². The number of anilines is 1. The fraction of sp³-hybridized carbons (Fsp3) is 0.154. The van der Waals surface area contributed by atoms with Gasteiger partial charge in [0.05, 0.1) is 10.6 Å². The molecule has 1 aliphatic rings. The smallest absolute Gasteiger partial charge is 0.273 e. The first kappa shape index (κ1) is 20.6. The Morgan fingerprint density at radius 2 is 2.19 bits per heavy atom. The topological polar surface area (TPSA) is 164 Å². The van der Waals surface area contributed by atoms with Gasteiger partial charge in [-0.25, -0.2) is 5.84 Å². The van der Waals surface area contributed by atoms with E-state index in [2.05, 4.69) is 26.6 Å². The van der Waals surface area contributed by atoms with E-state index in [1.165, 1.54) is 18.2 Å². The zero-order valence-electron chi connectivity index (χ0n) is 13.6. The summed E-state index contributed by atoms with van der Waals surface area (Å²) in [5.41, 5.74) is 4.81. The van der Waals surface area contributed by atoms with Gasteiger partial charge in [-0.05, 0) is 24.7 Å². The highest BCUT2D eigenvalue weighted by Crippen LogP contribution is 2.24. The lowest BCUT2D eigenvalue weighted by Gasteiger charge is -2.13. The number of nitrogens with one attached hydrogen (secondary N) is 4. The van der Waals surface area contributed by atoms with Crippen LogP contribution in [0.2, 0.25) is 0 Å². The molecule has 1 aliphatic heterocycles. The molecule has 1 fully saturated rings. The number of aryl methyl sites for hydroxylation is 1. The van der Waals surface area contributed by atoms with E-state index in [0.717, 1.165) is 11.8 Å². The minimum absolute atomic E-state index is 0.0854.